The van der Waals surface area contributed by atoms with Gasteiger partial charge in [-0.3, -0.25) is 4.57 Å². The van der Waals surface area contributed by atoms with Crippen molar-refractivity contribution in [2.24, 2.45) is 5.84 Å². The minimum absolute atomic E-state index is 0.282. The van der Waals surface area contributed by atoms with Crippen molar-refractivity contribution in [3.63, 3.8) is 0 Å². The van der Waals surface area contributed by atoms with Crippen LogP contribution in [-0.2, 0) is 6.54 Å². The smallest absolute Gasteiger partial charge is 0.308 e. The summed E-state index contributed by atoms with van der Waals surface area (Å²) < 4.78 is 1.41. The summed E-state index contributed by atoms with van der Waals surface area (Å²) in [4.78, 5) is 19.9. The molecular formula is C14H12ClN5O. The van der Waals surface area contributed by atoms with Gasteiger partial charge in [-0.15, -0.1) is 0 Å². The van der Waals surface area contributed by atoms with Crippen molar-refractivity contribution in [2.45, 2.75) is 6.54 Å². The molecule has 0 saturated heterocycles. The molecule has 1 aromatic carbocycles. The highest BCUT2D eigenvalue weighted by molar-refractivity contribution is 6.30. The second-order valence-corrected chi connectivity index (χ2v) is 4.95. The molecule has 0 aliphatic heterocycles. The molecule has 0 unspecified atom stereocenters. The molecule has 21 heavy (non-hydrogen) atoms. The molecule has 0 aliphatic rings. The number of benzene rings is 1. The van der Waals surface area contributed by atoms with Gasteiger partial charge in [0.2, 0.25) is 0 Å². The minimum atomic E-state index is -0.379. The van der Waals surface area contributed by atoms with Crippen LogP contribution in [0.4, 0.5) is 5.82 Å². The van der Waals surface area contributed by atoms with Gasteiger partial charge in [-0.2, -0.15) is 0 Å². The van der Waals surface area contributed by atoms with E-state index in [0.29, 0.717) is 10.8 Å². The van der Waals surface area contributed by atoms with Crippen LogP contribution in [-0.4, -0.2) is 14.5 Å². The number of aromatic nitrogens is 3. The average Bonchev–Trinajstić information content (AvgIpc) is 2.50. The molecule has 106 valence electrons. The number of nitrogen functional groups attached to an aromatic ring is 1. The number of anilines is 1. The van der Waals surface area contributed by atoms with Crippen LogP contribution in [0.5, 0.6) is 0 Å². The Labute approximate surface area is 125 Å². The molecule has 3 N–H and O–H groups in total. The van der Waals surface area contributed by atoms with Crippen LogP contribution in [0.1, 0.15) is 5.56 Å². The Morgan fingerprint density at radius 2 is 2.14 bits per heavy atom. The highest BCUT2D eigenvalue weighted by Gasteiger charge is 2.08. The predicted molar refractivity (Wildman–Crippen MR) is 82.2 cm³/mol. The third-order valence-corrected chi connectivity index (χ3v) is 3.30. The van der Waals surface area contributed by atoms with Crippen molar-refractivity contribution >= 4 is 28.3 Å². The van der Waals surface area contributed by atoms with E-state index in [9.17, 15) is 4.79 Å². The molecule has 0 saturated carbocycles. The number of hydrogen-bond donors (Lipinski definition) is 2. The first-order chi connectivity index (χ1) is 10.2. The van der Waals surface area contributed by atoms with Crippen molar-refractivity contribution in [3.05, 3.63) is 63.8 Å². The van der Waals surface area contributed by atoms with Crippen LogP contribution >= 0.6 is 11.6 Å². The van der Waals surface area contributed by atoms with E-state index >= 15 is 0 Å². The molecule has 2 aromatic heterocycles. The molecule has 6 nitrogen and oxygen atoms in total. The van der Waals surface area contributed by atoms with Crippen molar-refractivity contribution in [1.82, 2.24) is 14.5 Å². The second-order valence-electron chi connectivity index (χ2n) is 4.52. The highest BCUT2D eigenvalue weighted by Crippen LogP contribution is 2.20. The summed E-state index contributed by atoms with van der Waals surface area (Å²) in [5.41, 5.74) is 3.79. The molecular weight excluding hydrogens is 290 g/mol. The van der Waals surface area contributed by atoms with E-state index in [4.69, 9.17) is 17.4 Å². The number of nitrogens with two attached hydrogens (primary N) is 1. The first-order valence-electron chi connectivity index (χ1n) is 6.24. The van der Waals surface area contributed by atoms with Crippen molar-refractivity contribution < 1.29 is 0 Å². The summed E-state index contributed by atoms with van der Waals surface area (Å²) in [7, 11) is 0. The SMILES string of the molecule is NNc1nc2ccccc2cc1Cn1cc(Cl)cnc1=O. The second kappa shape index (κ2) is 5.51. The molecule has 0 bridgehead atoms. The number of para-hydroxylation sites is 1. The first kappa shape index (κ1) is 13.5. The largest absolute Gasteiger partial charge is 0.347 e. The van der Waals surface area contributed by atoms with Gasteiger partial charge in [-0.25, -0.2) is 20.6 Å². The normalized spacial score (nSPS) is 10.8. The Balaban J connectivity index is 2.10. The van der Waals surface area contributed by atoms with E-state index in [-0.39, 0.29) is 12.2 Å². The zero-order valence-electron chi connectivity index (χ0n) is 11.0. The maximum absolute atomic E-state index is 11.8. The van der Waals surface area contributed by atoms with Gasteiger partial charge in [0.1, 0.15) is 5.82 Å². The van der Waals surface area contributed by atoms with Gasteiger partial charge in [0.15, 0.2) is 0 Å². The maximum atomic E-state index is 11.8. The van der Waals surface area contributed by atoms with E-state index < -0.39 is 0 Å². The van der Waals surface area contributed by atoms with Crippen molar-refractivity contribution in [1.29, 1.82) is 0 Å². The average molecular weight is 302 g/mol. The zero-order valence-corrected chi connectivity index (χ0v) is 11.7. The predicted octanol–water partition coefficient (Wildman–Crippen LogP) is 1.78. The fraction of sp³-hybridized carbons (Fsp3) is 0.0714. The summed E-state index contributed by atoms with van der Waals surface area (Å²) in [6.45, 7) is 0.282. The molecule has 3 rings (SSSR count). The van der Waals surface area contributed by atoms with E-state index in [0.717, 1.165) is 16.5 Å². The quantitative estimate of drug-likeness (QED) is 0.569. The molecule has 7 heteroatoms. The van der Waals surface area contributed by atoms with Crippen LogP contribution in [0.15, 0.2) is 47.5 Å². The number of fused-ring (bicyclic) bond motifs is 1. The molecule has 3 aromatic rings. The molecule has 0 spiro atoms. The molecule has 2 heterocycles. The Morgan fingerprint density at radius 1 is 1.33 bits per heavy atom. The van der Waals surface area contributed by atoms with Crippen molar-refractivity contribution in [3.8, 4) is 0 Å². The van der Waals surface area contributed by atoms with Crippen LogP contribution in [0.25, 0.3) is 10.9 Å². The topological polar surface area (TPSA) is 85.8 Å². The number of nitrogens with zero attached hydrogens (tertiary/aromatic N) is 3. The van der Waals surface area contributed by atoms with Gasteiger partial charge >= 0.3 is 5.69 Å². The molecule has 0 fully saturated rings. The molecule has 0 amide bonds. The van der Waals surface area contributed by atoms with Gasteiger partial charge in [-0.05, 0) is 12.1 Å². The first-order valence-corrected chi connectivity index (χ1v) is 6.62. The summed E-state index contributed by atoms with van der Waals surface area (Å²) in [5, 5.41) is 1.36. The lowest BCUT2D eigenvalue weighted by Gasteiger charge is -2.11. The maximum Gasteiger partial charge on any atom is 0.347 e. The lowest BCUT2D eigenvalue weighted by molar-refractivity contribution is 0.726. The summed E-state index contributed by atoms with van der Waals surface area (Å²) in [5.74, 6) is 6.04. The standard InChI is InChI=1S/C14H12ClN5O/c15-11-6-17-14(21)20(8-11)7-10-5-9-3-1-2-4-12(9)18-13(10)19-16/h1-6,8H,7,16H2,(H,18,19). The minimum Gasteiger partial charge on any atom is -0.308 e. The van der Waals surface area contributed by atoms with E-state index in [2.05, 4.69) is 15.4 Å². The number of hydrazine groups is 1. The van der Waals surface area contributed by atoms with E-state index in [1.165, 1.54) is 17.0 Å². The lowest BCUT2D eigenvalue weighted by Crippen LogP contribution is -2.23. The van der Waals surface area contributed by atoms with Gasteiger partial charge in [0.25, 0.3) is 0 Å². The highest BCUT2D eigenvalue weighted by atomic mass is 35.5. The Hall–Kier alpha value is -2.44. The van der Waals surface area contributed by atoms with E-state index in [1.807, 2.05) is 30.3 Å². The number of nitrogens with one attached hydrogen (secondary N) is 1. The summed E-state index contributed by atoms with van der Waals surface area (Å²) >= 11 is 5.87. The van der Waals surface area contributed by atoms with Gasteiger partial charge in [-0.1, -0.05) is 29.8 Å². The fourth-order valence-corrected chi connectivity index (χ4v) is 2.30. The third-order valence-electron chi connectivity index (χ3n) is 3.10. The van der Waals surface area contributed by atoms with Crippen LogP contribution in [0.2, 0.25) is 5.02 Å². The number of hydrogen-bond acceptors (Lipinski definition) is 5. The lowest BCUT2D eigenvalue weighted by atomic mass is 10.1. The summed E-state index contributed by atoms with van der Waals surface area (Å²) in [6.07, 6.45) is 2.85. The zero-order chi connectivity index (χ0) is 14.8. The Kier molecular flexibility index (Phi) is 3.55. The third kappa shape index (κ3) is 2.72. The van der Waals surface area contributed by atoms with Crippen LogP contribution in [0.3, 0.4) is 0 Å². The van der Waals surface area contributed by atoms with Gasteiger partial charge in [0, 0.05) is 17.1 Å². The van der Waals surface area contributed by atoms with Crippen molar-refractivity contribution in [2.75, 3.05) is 5.43 Å². The van der Waals surface area contributed by atoms with Crippen LogP contribution in [0, 0.1) is 0 Å². The summed E-state index contributed by atoms with van der Waals surface area (Å²) in [6, 6.07) is 9.61. The number of rotatable bonds is 3. The molecule has 0 radical (unpaired) electrons. The van der Waals surface area contributed by atoms with Gasteiger partial charge in [0.05, 0.1) is 23.3 Å². The molecule has 0 atom stereocenters. The number of pyridine rings is 1. The van der Waals surface area contributed by atoms with E-state index in [1.54, 1.807) is 0 Å². The monoisotopic (exact) mass is 301 g/mol. The number of halogens is 1. The Bertz CT molecular complexity index is 861. The fourth-order valence-electron chi connectivity index (χ4n) is 2.13. The van der Waals surface area contributed by atoms with Gasteiger partial charge < -0.3 is 5.43 Å². The van der Waals surface area contributed by atoms with Crippen LogP contribution < -0.4 is 17.0 Å². The Morgan fingerprint density at radius 3 is 2.95 bits per heavy atom. The molecule has 0 aliphatic carbocycles.